The monoisotopic (exact) mass is 411 g/mol. The Bertz CT molecular complexity index is 968. The van der Waals surface area contributed by atoms with Crippen LogP contribution in [0, 0.1) is 0 Å². The molecule has 2 aromatic rings. The van der Waals surface area contributed by atoms with Gasteiger partial charge in [0.25, 0.3) is 5.91 Å². The molecule has 0 saturated heterocycles. The summed E-state index contributed by atoms with van der Waals surface area (Å²) in [4.78, 5) is 33.2. The molecule has 1 fully saturated rings. The zero-order valence-corrected chi connectivity index (χ0v) is 16.8. The summed E-state index contributed by atoms with van der Waals surface area (Å²) < 4.78 is 0. The lowest BCUT2D eigenvalue weighted by atomic mass is 10.1. The van der Waals surface area contributed by atoms with Gasteiger partial charge in [-0.3, -0.25) is 14.7 Å². The number of nitrogens with one attached hydrogen (secondary N) is 1. The highest BCUT2D eigenvalue weighted by Gasteiger charge is 2.57. The highest BCUT2D eigenvalue weighted by molar-refractivity contribution is 6.30. The molecule has 2 aliphatic rings. The summed E-state index contributed by atoms with van der Waals surface area (Å²) in [6, 6.07) is 13.6. The number of carbonyl (C=O) groups excluding carboxylic acids is 2. The molecule has 29 heavy (non-hydrogen) atoms. The third kappa shape index (κ3) is 3.65. The molecule has 7 nitrogen and oxygen atoms in total. The molecule has 8 heteroatoms. The van der Waals surface area contributed by atoms with Crippen molar-refractivity contribution in [1.82, 2.24) is 4.90 Å². The van der Waals surface area contributed by atoms with Crippen LogP contribution in [0.3, 0.4) is 0 Å². The molecule has 150 valence electrons. The van der Waals surface area contributed by atoms with Crippen molar-refractivity contribution >= 4 is 40.7 Å². The smallest absolute Gasteiger partial charge is 0.320 e. The lowest BCUT2D eigenvalue weighted by Gasteiger charge is -2.29. The van der Waals surface area contributed by atoms with E-state index >= 15 is 0 Å². The Morgan fingerprint density at radius 3 is 2.31 bits per heavy atom. The van der Waals surface area contributed by atoms with Crippen LogP contribution in [0.2, 0.25) is 5.02 Å². The fourth-order valence-corrected chi connectivity index (χ4v) is 3.77. The predicted octanol–water partition coefficient (Wildman–Crippen LogP) is 3.09. The number of nitrogens with two attached hydrogens (primary N) is 1. The van der Waals surface area contributed by atoms with Gasteiger partial charge in [0.2, 0.25) is 0 Å². The number of amides is 3. The fourth-order valence-electron chi connectivity index (χ4n) is 3.64. The molecule has 1 heterocycles. The number of rotatable bonds is 5. The molecule has 1 aliphatic heterocycles. The zero-order chi connectivity index (χ0) is 20.6. The van der Waals surface area contributed by atoms with Crippen molar-refractivity contribution in [3.8, 4) is 0 Å². The standard InChI is InChI=1S/C21H22ClN5O2/c1-26-13-12-24-18(26)14-2-6-16(7-3-14)25-19(28)21(10-11-21)27(20(23)29)17-8-4-15(22)5-9-17/h2-9H,10-13H2,1H3,(H2,23,29)(H,25,28). The number of carbonyl (C=O) groups is 2. The Labute approximate surface area is 174 Å². The van der Waals surface area contributed by atoms with E-state index in [2.05, 4.69) is 15.2 Å². The predicted molar refractivity (Wildman–Crippen MR) is 115 cm³/mol. The van der Waals surface area contributed by atoms with Crippen molar-refractivity contribution in [1.29, 1.82) is 0 Å². The maximum absolute atomic E-state index is 13.1. The SMILES string of the molecule is CN1CCN=C1c1ccc(NC(=O)C2(N(C(N)=O)c3ccc(Cl)cc3)CC2)cc1. The Morgan fingerprint density at radius 1 is 1.14 bits per heavy atom. The number of halogens is 1. The van der Waals surface area contributed by atoms with E-state index in [1.807, 2.05) is 31.3 Å². The molecular weight excluding hydrogens is 390 g/mol. The molecule has 0 atom stereocenters. The van der Waals surface area contributed by atoms with E-state index in [0.717, 1.165) is 24.5 Å². The van der Waals surface area contributed by atoms with Gasteiger partial charge in [-0.25, -0.2) is 4.79 Å². The Balaban J connectivity index is 1.52. The molecule has 0 unspecified atom stereocenters. The van der Waals surface area contributed by atoms with Crippen molar-refractivity contribution in [2.45, 2.75) is 18.4 Å². The Kier molecular flexibility index (Phi) is 4.92. The second-order valence-corrected chi connectivity index (χ2v) is 7.78. The van der Waals surface area contributed by atoms with Crippen LogP contribution in [0.1, 0.15) is 18.4 Å². The summed E-state index contributed by atoms with van der Waals surface area (Å²) in [5.41, 5.74) is 6.86. The van der Waals surface area contributed by atoms with Gasteiger partial charge < -0.3 is 16.0 Å². The summed E-state index contributed by atoms with van der Waals surface area (Å²) in [7, 11) is 2.01. The second-order valence-electron chi connectivity index (χ2n) is 7.34. The largest absolute Gasteiger partial charge is 0.358 e. The summed E-state index contributed by atoms with van der Waals surface area (Å²) in [6.45, 7) is 1.70. The lowest BCUT2D eigenvalue weighted by molar-refractivity contribution is -0.118. The van der Waals surface area contributed by atoms with Gasteiger partial charge in [0.15, 0.2) is 0 Å². The van der Waals surface area contributed by atoms with E-state index in [4.69, 9.17) is 17.3 Å². The van der Waals surface area contributed by atoms with Crippen molar-refractivity contribution in [3.63, 3.8) is 0 Å². The first kappa shape index (κ1) is 19.3. The van der Waals surface area contributed by atoms with Crippen LogP contribution in [-0.4, -0.2) is 48.3 Å². The number of benzene rings is 2. The zero-order valence-electron chi connectivity index (χ0n) is 16.1. The number of likely N-dealkylation sites (N-methyl/N-ethyl adjacent to an activating group) is 1. The second kappa shape index (κ2) is 7.40. The minimum atomic E-state index is -0.978. The van der Waals surface area contributed by atoms with Gasteiger partial charge in [-0.2, -0.15) is 0 Å². The summed E-state index contributed by atoms with van der Waals surface area (Å²) in [5.74, 6) is 0.693. The van der Waals surface area contributed by atoms with E-state index in [1.54, 1.807) is 24.3 Å². The highest BCUT2D eigenvalue weighted by atomic mass is 35.5. The first-order chi connectivity index (χ1) is 13.9. The van der Waals surface area contributed by atoms with E-state index in [-0.39, 0.29) is 5.91 Å². The van der Waals surface area contributed by atoms with Crippen molar-refractivity contribution in [2.75, 3.05) is 30.4 Å². The molecule has 0 radical (unpaired) electrons. The van der Waals surface area contributed by atoms with Gasteiger partial charge in [0.1, 0.15) is 11.4 Å². The van der Waals surface area contributed by atoms with Crippen LogP contribution >= 0.6 is 11.6 Å². The number of hydrogen-bond acceptors (Lipinski definition) is 4. The molecule has 4 rings (SSSR count). The molecule has 3 amide bonds. The van der Waals surface area contributed by atoms with Crippen molar-refractivity contribution in [3.05, 3.63) is 59.1 Å². The molecular formula is C21H22ClN5O2. The molecule has 1 aliphatic carbocycles. The third-order valence-corrected chi connectivity index (χ3v) is 5.59. The van der Waals surface area contributed by atoms with Crippen LogP contribution in [0.25, 0.3) is 0 Å². The molecule has 0 aromatic heterocycles. The van der Waals surface area contributed by atoms with Gasteiger partial charge in [-0.05, 0) is 61.4 Å². The van der Waals surface area contributed by atoms with Crippen LogP contribution in [-0.2, 0) is 4.79 Å². The van der Waals surface area contributed by atoms with E-state index in [9.17, 15) is 9.59 Å². The van der Waals surface area contributed by atoms with Gasteiger partial charge in [-0.1, -0.05) is 11.6 Å². The average Bonchev–Trinajstić information content (AvgIpc) is 3.38. The van der Waals surface area contributed by atoms with Gasteiger partial charge >= 0.3 is 6.03 Å². The van der Waals surface area contributed by atoms with Crippen LogP contribution < -0.4 is 16.0 Å². The van der Waals surface area contributed by atoms with Gasteiger partial charge in [-0.15, -0.1) is 0 Å². The lowest BCUT2D eigenvalue weighted by Crippen LogP contribution is -2.52. The average molecular weight is 412 g/mol. The summed E-state index contributed by atoms with van der Waals surface area (Å²) in [6.07, 6.45) is 1.09. The molecule has 1 saturated carbocycles. The van der Waals surface area contributed by atoms with E-state index in [1.165, 1.54) is 4.90 Å². The van der Waals surface area contributed by atoms with Crippen LogP contribution in [0.15, 0.2) is 53.5 Å². The van der Waals surface area contributed by atoms with Gasteiger partial charge in [0, 0.05) is 35.6 Å². The number of primary amides is 1. The normalized spacial score (nSPS) is 16.9. The first-order valence-electron chi connectivity index (χ1n) is 9.43. The molecule has 2 aromatic carbocycles. The maximum Gasteiger partial charge on any atom is 0.320 e. The van der Waals surface area contributed by atoms with Crippen LogP contribution in [0.5, 0.6) is 0 Å². The fraction of sp³-hybridized carbons (Fsp3) is 0.286. The third-order valence-electron chi connectivity index (χ3n) is 5.34. The maximum atomic E-state index is 13.1. The summed E-state index contributed by atoms with van der Waals surface area (Å²) >= 11 is 5.94. The number of aliphatic imine (C=N–C) groups is 1. The molecule has 0 spiro atoms. The van der Waals surface area contributed by atoms with E-state index < -0.39 is 11.6 Å². The number of amidine groups is 1. The minimum Gasteiger partial charge on any atom is -0.358 e. The first-order valence-corrected chi connectivity index (χ1v) is 9.81. The number of hydrogen-bond donors (Lipinski definition) is 2. The van der Waals surface area contributed by atoms with E-state index in [0.29, 0.717) is 29.2 Å². The molecule has 0 bridgehead atoms. The highest BCUT2D eigenvalue weighted by Crippen LogP contribution is 2.45. The van der Waals surface area contributed by atoms with Gasteiger partial charge in [0.05, 0.1) is 6.54 Å². The van der Waals surface area contributed by atoms with Crippen molar-refractivity contribution < 1.29 is 9.59 Å². The van der Waals surface area contributed by atoms with Crippen molar-refractivity contribution in [2.24, 2.45) is 10.7 Å². The Hall–Kier alpha value is -3.06. The molecule has 3 N–H and O–H groups in total. The minimum absolute atomic E-state index is 0.255. The summed E-state index contributed by atoms with van der Waals surface area (Å²) in [5, 5.41) is 3.47. The number of anilines is 2. The number of nitrogens with zero attached hydrogens (tertiary/aromatic N) is 3. The topological polar surface area (TPSA) is 91.0 Å². The Morgan fingerprint density at radius 2 is 1.79 bits per heavy atom. The van der Waals surface area contributed by atoms with Crippen LogP contribution in [0.4, 0.5) is 16.2 Å². The number of urea groups is 1. The quantitative estimate of drug-likeness (QED) is 0.792.